The molecule has 2 unspecified atom stereocenters. The lowest BCUT2D eigenvalue weighted by Crippen LogP contribution is -2.03. The monoisotopic (exact) mass is 205 g/mol. The molecule has 0 aromatic heterocycles. The van der Waals surface area contributed by atoms with Crippen LogP contribution in [0.5, 0.6) is 5.75 Å². The quantitative estimate of drug-likeness (QED) is 0.770. The Bertz CT molecular complexity index is 373. The Kier molecular flexibility index (Phi) is 2.59. The fourth-order valence-electron chi connectivity index (χ4n) is 1.80. The molecule has 1 aromatic rings. The van der Waals surface area contributed by atoms with Crippen LogP contribution in [0.25, 0.3) is 0 Å². The zero-order chi connectivity index (χ0) is 11.0. The lowest BCUT2D eigenvalue weighted by atomic mass is 10.1. The van der Waals surface area contributed by atoms with Crippen LogP contribution in [0.3, 0.4) is 0 Å². The minimum Gasteiger partial charge on any atom is -0.493 e. The number of nitrogen functional groups attached to an aromatic ring is 1. The van der Waals surface area contributed by atoms with Crippen LogP contribution in [0.2, 0.25) is 0 Å². The Hall–Kier alpha value is -1.18. The van der Waals surface area contributed by atoms with Gasteiger partial charge in [-0.05, 0) is 55.4 Å². The van der Waals surface area contributed by atoms with Gasteiger partial charge < -0.3 is 10.5 Å². The molecular weight excluding hydrogens is 186 g/mol. The van der Waals surface area contributed by atoms with Crippen LogP contribution in [0, 0.1) is 25.7 Å². The summed E-state index contributed by atoms with van der Waals surface area (Å²) >= 11 is 0. The van der Waals surface area contributed by atoms with Crippen molar-refractivity contribution < 1.29 is 4.74 Å². The van der Waals surface area contributed by atoms with Gasteiger partial charge in [-0.2, -0.15) is 0 Å². The number of nitrogens with two attached hydrogens (primary N) is 1. The van der Waals surface area contributed by atoms with Crippen molar-refractivity contribution in [2.45, 2.75) is 27.2 Å². The third kappa shape index (κ3) is 2.25. The summed E-state index contributed by atoms with van der Waals surface area (Å²) in [4.78, 5) is 0. The topological polar surface area (TPSA) is 35.2 Å². The lowest BCUT2D eigenvalue weighted by Gasteiger charge is -2.11. The van der Waals surface area contributed by atoms with Crippen molar-refractivity contribution in [1.29, 1.82) is 0 Å². The van der Waals surface area contributed by atoms with E-state index in [1.165, 1.54) is 6.42 Å². The van der Waals surface area contributed by atoms with Crippen molar-refractivity contribution in [3.63, 3.8) is 0 Å². The molecule has 0 radical (unpaired) electrons. The van der Waals surface area contributed by atoms with Crippen molar-refractivity contribution in [2.75, 3.05) is 12.3 Å². The van der Waals surface area contributed by atoms with Crippen molar-refractivity contribution in [2.24, 2.45) is 11.8 Å². The van der Waals surface area contributed by atoms with Gasteiger partial charge in [0, 0.05) is 5.69 Å². The second-order valence-corrected chi connectivity index (χ2v) is 4.76. The van der Waals surface area contributed by atoms with E-state index in [4.69, 9.17) is 10.5 Å². The predicted molar refractivity (Wildman–Crippen MR) is 63.1 cm³/mol. The van der Waals surface area contributed by atoms with Gasteiger partial charge in [0.2, 0.25) is 0 Å². The highest BCUT2D eigenvalue weighted by Gasteiger charge is 2.33. The van der Waals surface area contributed by atoms with E-state index in [-0.39, 0.29) is 0 Å². The Balaban J connectivity index is 2.04. The van der Waals surface area contributed by atoms with Gasteiger partial charge in [-0.1, -0.05) is 6.92 Å². The molecule has 2 N–H and O–H groups in total. The molecule has 1 aromatic carbocycles. The van der Waals surface area contributed by atoms with Gasteiger partial charge in [-0.15, -0.1) is 0 Å². The fourth-order valence-corrected chi connectivity index (χ4v) is 1.80. The first-order chi connectivity index (χ1) is 7.08. The highest BCUT2D eigenvalue weighted by molar-refractivity contribution is 5.53. The van der Waals surface area contributed by atoms with Gasteiger partial charge in [-0.3, -0.25) is 0 Å². The second-order valence-electron chi connectivity index (χ2n) is 4.76. The first-order valence-electron chi connectivity index (χ1n) is 5.57. The van der Waals surface area contributed by atoms with E-state index in [1.807, 2.05) is 26.0 Å². The van der Waals surface area contributed by atoms with Gasteiger partial charge in [0.25, 0.3) is 0 Å². The molecule has 1 aliphatic rings. The number of benzene rings is 1. The summed E-state index contributed by atoms with van der Waals surface area (Å²) in [5.74, 6) is 2.60. The summed E-state index contributed by atoms with van der Waals surface area (Å²) < 4.78 is 5.81. The van der Waals surface area contributed by atoms with E-state index in [0.717, 1.165) is 41.0 Å². The van der Waals surface area contributed by atoms with Crippen molar-refractivity contribution in [1.82, 2.24) is 0 Å². The number of aryl methyl sites for hydroxylation is 2. The summed E-state index contributed by atoms with van der Waals surface area (Å²) in [6.07, 6.45) is 1.31. The van der Waals surface area contributed by atoms with Gasteiger partial charge in [-0.25, -0.2) is 0 Å². The van der Waals surface area contributed by atoms with Gasteiger partial charge >= 0.3 is 0 Å². The van der Waals surface area contributed by atoms with Crippen LogP contribution in [-0.2, 0) is 0 Å². The number of hydrogen-bond acceptors (Lipinski definition) is 2. The highest BCUT2D eigenvalue weighted by atomic mass is 16.5. The van der Waals surface area contributed by atoms with Gasteiger partial charge in [0.1, 0.15) is 5.75 Å². The molecule has 0 aliphatic heterocycles. The number of ether oxygens (including phenoxy) is 1. The normalized spacial score (nSPS) is 23.9. The molecule has 2 heteroatoms. The minimum absolute atomic E-state index is 0.766. The third-order valence-corrected chi connectivity index (χ3v) is 3.29. The summed E-state index contributed by atoms with van der Waals surface area (Å²) in [7, 11) is 0. The molecule has 2 rings (SSSR count). The molecular formula is C13H19NO. The Morgan fingerprint density at radius 3 is 2.60 bits per heavy atom. The standard InChI is InChI=1S/C13H19NO/c1-8-4-11(8)7-15-13-6-9(2)12(14)5-10(13)3/h5-6,8,11H,4,7,14H2,1-3H3. The van der Waals surface area contributed by atoms with Crippen LogP contribution in [0.1, 0.15) is 24.5 Å². The second kappa shape index (κ2) is 3.76. The summed E-state index contributed by atoms with van der Waals surface area (Å²) in [6, 6.07) is 4.03. The maximum atomic E-state index is 5.82. The van der Waals surface area contributed by atoms with E-state index in [1.54, 1.807) is 0 Å². The summed E-state index contributed by atoms with van der Waals surface area (Å²) in [6.45, 7) is 7.18. The lowest BCUT2D eigenvalue weighted by molar-refractivity contribution is 0.291. The van der Waals surface area contributed by atoms with Crippen molar-refractivity contribution in [3.8, 4) is 5.75 Å². The Labute approximate surface area is 91.4 Å². The average molecular weight is 205 g/mol. The van der Waals surface area contributed by atoms with Crippen LogP contribution in [0.4, 0.5) is 5.69 Å². The SMILES string of the molecule is Cc1cc(OCC2CC2C)c(C)cc1N. The minimum atomic E-state index is 0.766. The Morgan fingerprint density at radius 1 is 1.33 bits per heavy atom. The van der Waals surface area contributed by atoms with Crippen molar-refractivity contribution >= 4 is 5.69 Å². The average Bonchev–Trinajstić information content (AvgIpc) is 2.86. The smallest absolute Gasteiger partial charge is 0.122 e. The zero-order valence-electron chi connectivity index (χ0n) is 9.71. The zero-order valence-corrected chi connectivity index (χ0v) is 9.71. The molecule has 2 nitrogen and oxygen atoms in total. The molecule has 1 aliphatic carbocycles. The number of anilines is 1. The molecule has 0 heterocycles. The van der Waals surface area contributed by atoms with Crippen LogP contribution < -0.4 is 10.5 Å². The molecule has 1 fully saturated rings. The molecule has 15 heavy (non-hydrogen) atoms. The molecule has 0 amide bonds. The van der Waals surface area contributed by atoms with E-state index in [0.29, 0.717) is 0 Å². The third-order valence-electron chi connectivity index (χ3n) is 3.29. The van der Waals surface area contributed by atoms with Gasteiger partial charge in [0.05, 0.1) is 6.61 Å². The first-order valence-corrected chi connectivity index (χ1v) is 5.57. The van der Waals surface area contributed by atoms with Gasteiger partial charge in [0.15, 0.2) is 0 Å². The molecule has 2 atom stereocenters. The maximum absolute atomic E-state index is 5.82. The van der Waals surface area contributed by atoms with E-state index < -0.39 is 0 Å². The predicted octanol–water partition coefficient (Wildman–Crippen LogP) is 2.92. The molecule has 0 saturated heterocycles. The van der Waals surface area contributed by atoms with Crippen LogP contribution in [0.15, 0.2) is 12.1 Å². The summed E-state index contributed by atoms with van der Waals surface area (Å²) in [5.41, 5.74) is 8.90. The van der Waals surface area contributed by atoms with Crippen LogP contribution in [-0.4, -0.2) is 6.61 Å². The maximum Gasteiger partial charge on any atom is 0.122 e. The largest absolute Gasteiger partial charge is 0.493 e. The van der Waals surface area contributed by atoms with Crippen molar-refractivity contribution in [3.05, 3.63) is 23.3 Å². The number of rotatable bonds is 3. The van der Waals surface area contributed by atoms with Crippen LogP contribution >= 0.6 is 0 Å². The Morgan fingerprint density at radius 2 is 2.00 bits per heavy atom. The molecule has 82 valence electrons. The summed E-state index contributed by atoms with van der Waals surface area (Å²) in [5, 5.41) is 0. The molecule has 0 bridgehead atoms. The van der Waals surface area contributed by atoms with E-state index in [2.05, 4.69) is 6.92 Å². The highest BCUT2D eigenvalue weighted by Crippen LogP contribution is 2.38. The molecule has 1 saturated carbocycles. The van der Waals surface area contributed by atoms with E-state index >= 15 is 0 Å². The number of hydrogen-bond donors (Lipinski definition) is 1. The fraction of sp³-hybridized carbons (Fsp3) is 0.538. The first kappa shape index (κ1) is 10.3. The van der Waals surface area contributed by atoms with E-state index in [9.17, 15) is 0 Å². The molecule has 0 spiro atoms.